The van der Waals surface area contributed by atoms with Crippen molar-refractivity contribution in [1.82, 2.24) is 9.97 Å². The maximum Gasteiger partial charge on any atom is 0.239 e. The lowest BCUT2D eigenvalue weighted by Gasteiger charge is -2.29. The maximum absolute atomic E-state index is 11.0. The highest BCUT2D eigenvalue weighted by atomic mass is 16.6. The van der Waals surface area contributed by atoms with Crippen molar-refractivity contribution in [2.75, 3.05) is 11.5 Å². The van der Waals surface area contributed by atoms with Gasteiger partial charge in [-0.1, -0.05) is 49.4 Å². The van der Waals surface area contributed by atoms with Gasteiger partial charge in [-0.15, -0.1) is 0 Å². The lowest BCUT2D eigenvalue weighted by molar-refractivity contribution is -0.0910. The first-order chi connectivity index (χ1) is 15.2. The minimum Gasteiger partial charge on any atom is -0.494 e. The third-order valence-electron chi connectivity index (χ3n) is 5.62. The smallest absolute Gasteiger partial charge is 0.239 e. The highest BCUT2D eigenvalue weighted by Crippen LogP contribution is 2.47. The Hall–Kier alpha value is -3.35. The normalized spacial score (nSPS) is 21.0. The number of aromatic amines is 1. The van der Waals surface area contributed by atoms with E-state index in [9.17, 15) is 5.11 Å². The van der Waals surface area contributed by atoms with Gasteiger partial charge in [-0.3, -0.25) is 0 Å². The number of rotatable bonds is 6. The molecule has 1 fully saturated rings. The molecule has 4 aromatic rings. The molecule has 0 amide bonds. The Morgan fingerprint density at radius 3 is 2.61 bits per heavy atom. The van der Waals surface area contributed by atoms with Crippen LogP contribution in [0.1, 0.15) is 36.6 Å². The summed E-state index contributed by atoms with van der Waals surface area (Å²) in [5.41, 5.74) is 4.71. The molecule has 5 rings (SSSR count). The van der Waals surface area contributed by atoms with E-state index in [0.717, 1.165) is 40.0 Å². The summed E-state index contributed by atoms with van der Waals surface area (Å²) in [7, 11) is 0. The van der Waals surface area contributed by atoms with Crippen molar-refractivity contribution >= 4 is 16.7 Å². The number of hydrogen-bond acceptors (Lipinski definition) is 5. The van der Waals surface area contributed by atoms with Gasteiger partial charge in [0, 0.05) is 5.69 Å². The zero-order valence-corrected chi connectivity index (χ0v) is 17.3. The fraction of sp³-hybridized carbons (Fsp3) is 0.240. The number of benzene rings is 3. The van der Waals surface area contributed by atoms with E-state index >= 15 is 0 Å². The van der Waals surface area contributed by atoms with E-state index in [0.29, 0.717) is 6.61 Å². The average Bonchev–Trinajstić information content (AvgIpc) is 3.42. The molecule has 0 saturated carbocycles. The van der Waals surface area contributed by atoms with Crippen molar-refractivity contribution in [1.29, 1.82) is 0 Å². The Kier molecular flexibility index (Phi) is 5.32. The van der Waals surface area contributed by atoms with Crippen LogP contribution in [0.25, 0.3) is 11.0 Å². The molecule has 3 unspecified atom stereocenters. The third kappa shape index (κ3) is 3.76. The number of nitrogens with one attached hydrogen (secondary N) is 1. The summed E-state index contributed by atoms with van der Waals surface area (Å²) in [6.07, 6.45) is 1.23. The Labute approximate surface area is 181 Å². The highest BCUT2D eigenvalue weighted by Gasteiger charge is 2.43. The van der Waals surface area contributed by atoms with E-state index in [1.165, 1.54) is 0 Å². The molecule has 3 atom stereocenters. The van der Waals surface area contributed by atoms with E-state index in [1.807, 2.05) is 65.6 Å². The molecular weight excluding hydrogens is 390 g/mol. The van der Waals surface area contributed by atoms with Crippen molar-refractivity contribution < 1.29 is 14.6 Å². The molecule has 2 N–H and O–H groups in total. The second-order valence-electron chi connectivity index (χ2n) is 7.67. The van der Waals surface area contributed by atoms with Crippen molar-refractivity contribution in [3.8, 4) is 5.75 Å². The van der Waals surface area contributed by atoms with Gasteiger partial charge in [-0.05, 0) is 47.9 Å². The number of aliphatic hydroxyl groups is 1. The predicted molar refractivity (Wildman–Crippen MR) is 120 cm³/mol. The Bertz CT molecular complexity index is 1140. The SMILES string of the molecule is CCCOc1ccc(C2C(c3ccccc3)OC(O)N2c2ccc3nc[nH]c3c2)cc1. The van der Waals surface area contributed by atoms with Crippen LogP contribution in [0.15, 0.2) is 79.1 Å². The van der Waals surface area contributed by atoms with E-state index < -0.39 is 6.41 Å². The Balaban J connectivity index is 1.56. The molecule has 6 nitrogen and oxygen atoms in total. The number of aliphatic hydroxyl groups excluding tert-OH is 1. The molecule has 1 saturated heterocycles. The molecule has 3 aromatic carbocycles. The number of anilines is 1. The van der Waals surface area contributed by atoms with Crippen LogP contribution in [0.2, 0.25) is 0 Å². The largest absolute Gasteiger partial charge is 0.494 e. The topological polar surface area (TPSA) is 70.6 Å². The molecular formula is C25H25N3O3. The summed E-state index contributed by atoms with van der Waals surface area (Å²) in [6.45, 7) is 2.78. The van der Waals surface area contributed by atoms with Crippen LogP contribution in [0.3, 0.4) is 0 Å². The second-order valence-corrected chi connectivity index (χ2v) is 7.67. The molecule has 1 aliphatic heterocycles. The summed E-state index contributed by atoms with van der Waals surface area (Å²) in [5, 5.41) is 11.0. The number of H-pyrrole nitrogens is 1. The van der Waals surface area contributed by atoms with Gasteiger partial charge in [0.25, 0.3) is 0 Å². The summed E-state index contributed by atoms with van der Waals surface area (Å²) in [6, 6.07) is 23.8. The molecule has 31 heavy (non-hydrogen) atoms. The van der Waals surface area contributed by atoms with Crippen molar-refractivity contribution in [3.05, 3.63) is 90.3 Å². The fourth-order valence-electron chi connectivity index (χ4n) is 4.15. The highest BCUT2D eigenvalue weighted by molar-refractivity contribution is 5.79. The summed E-state index contributed by atoms with van der Waals surface area (Å²) < 4.78 is 11.8. The minimum atomic E-state index is -1.08. The second kappa shape index (κ2) is 8.41. The third-order valence-corrected chi connectivity index (χ3v) is 5.62. The molecule has 2 heterocycles. The maximum atomic E-state index is 11.0. The summed E-state index contributed by atoms with van der Waals surface area (Å²) in [5.74, 6) is 0.840. The molecule has 6 heteroatoms. The van der Waals surface area contributed by atoms with Gasteiger partial charge in [0.1, 0.15) is 11.9 Å². The van der Waals surface area contributed by atoms with Crippen LogP contribution < -0.4 is 9.64 Å². The van der Waals surface area contributed by atoms with Crippen molar-refractivity contribution in [2.45, 2.75) is 31.9 Å². The molecule has 0 spiro atoms. The minimum absolute atomic E-state index is 0.210. The number of ether oxygens (including phenoxy) is 2. The van der Waals surface area contributed by atoms with E-state index in [1.54, 1.807) is 6.33 Å². The number of nitrogens with zero attached hydrogens (tertiary/aromatic N) is 2. The molecule has 0 radical (unpaired) electrons. The predicted octanol–water partition coefficient (Wildman–Crippen LogP) is 4.95. The van der Waals surface area contributed by atoms with Gasteiger partial charge in [0.15, 0.2) is 0 Å². The van der Waals surface area contributed by atoms with Crippen LogP contribution >= 0.6 is 0 Å². The number of imidazole rings is 1. The van der Waals surface area contributed by atoms with Crippen LogP contribution in [0, 0.1) is 0 Å². The lowest BCUT2D eigenvalue weighted by atomic mass is 9.95. The van der Waals surface area contributed by atoms with Gasteiger partial charge in [0.05, 0.1) is 30.0 Å². The quantitative estimate of drug-likeness (QED) is 0.466. The van der Waals surface area contributed by atoms with Crippen LogP contribution in [0.4, 0.5) is 5.69 Å². The first kappa shape index (κ1) is 19.6. The molecule has 0 aliphatic carbocycles. The zero-order chi connectivity index (χ0) is 21.2. The van der Waals surface area contributed by atoms with E-state index in [4.69, 9.17) is 9.47 Å². The standard InChI is InChI=1S/C25H25N3O3/c1-2-14-30-20-11-8-17(9-12-20)23-24(18-6-4-3-5-7-18)31-25(29)28(23)19-10-13-21-22(15-19)27-16-26-21/h3-13,15-16,23-25,29H,2,14H2,1H3,(H,26,27). The average molecular weight is 415 g/mol. The van der Waals surface area contributed by atoms with Crippen molar-refractivity contribution in [3.63, 3.8) is 0 Å². The number of hydrogen-bond donors (Lipinski definition) is 2. The summed E-state index contributed by atoms with van der Waals surface area (Å²) >= 11 is 0. The van der Waals surface area contributed by atoms with Gasteiger partial charge in [0.2, 0.25) is 6.41 Å². The Morgan fingerprint density at radius 2 is 1.84 bits per heavy atom. The molecule has 1 aromatic heterocycles. The van der Waals surface area contributed by atoms with Gasteiger partial charge >= 0.3 is 0 Å². The monoisotopic (exact) mass is 415 g/mol. The van der Waals surface area contributed by atoms with Gasteiger partial charge < -0.3 is 24.5 Å². The summed E-state index contributed by atoms with van der Waals surface area (Å²) in [4.78, 5) is 9.36. The molecule has 1 aliphatic rings. The zero-order valence-electron chi connectivity index (χ0n) is 17.3. The van der Waals surface area contributed by atoms with Crippen LogP contribution in [-0.2, 0) is 4.74 Å². The fourth-order valence-corrected chi connectivity index (χ4v) is 4.15. The number of aromatic nitrogens is 2. The first-order valence-electron chi connectivity index (χ1n) is 10.6. The first-order valence-corrected chi connectivity index (χ1v) is 10.6. The van der Waals surface area contributed by atoms with Gasteiger partial charge in [-0.25, -0.2) is 4.98 Å². The van der Waals surface area contributed by atoms with Gasteiger partial charge in [-0.2, -0.15) is 0 Å². The van der Waals surface area contributed by atoms with Crippen molar-refractivity contribution in [2.24, 2.45) is 0 Å². The van der Waals surface area contributed by atoms with E-state index in [-0.39, 0.29) is 12.1 Å². The molecule has 158 valence electrons. The number of fused-ring (bicyclic) bond motifs is 1. The lowest BCUT2D eigenvalue weighted by Crippen LogP contribution is -2.32. The van der Waals surface area contributed by atoms with Crippen LogP contribution in [0.5, 0.6) is 5.75 Å². The van der Waals surface area contributed by atoms with Crippen LogP contribution in [-0.4, -0.2) is 28.1 Å². The van der Waals surface area contributed by atoms with E-state index in [2.05, 4.69) is 29.0 Å². The Morgan fingerprint density at radius 1 is 1.03 bits per heavy atom. The molecule has 0 bridgehead atoms.